The minimum absolute atomic E-state index is 0.121. The molecule has 0 amide bonds. The van der Waals surface area contributed by atoms with Gasteiger partial charge in [0.15, 0.2) is 0 Å². The van der Waals surface area contributed by atoms with Gasteiger partial charge in [-0.1, -0.05) is 85.4 Å². The monoisotopic (exact) mass is 344 g/mol. The van der Waals surface area contributed by atoms with Crippen molar-refractivity contribution in [2.24, 2.45) is 5.41 Å². The van der Waals surface area contributed by atoms with E-state index in [1.54, 1.807) is 0 Å². The molecule has 2 heteroatoms. The van der Waals surface area contributed by atoms with Gasteiger partial charge in [-0.05, 0) is 24.8 Å². The van der Waals surface area contributed by atoms with Gasteiger partial charge in [-0.15, -0.1) is 13.2 Å². The molecule has 0 spiro atoms. The predicted molar refractivity (Wildman–Crippen MR) is 115 cm³/mol. The van der Waals surface area contributed by atoms with Crippen LogP contribution in [0.4, 0.5) is 0 Å². The molecule has 0 aliphatic rings. The standard InChI is InChI=1S/C17H24N2.2C2H6.C2H4/c1-13(16(3,4)5)19-14(2)17(6,12-18)15-10-8-7-9-11-15;3*1-2/h7-11,13,19H,2H2,1,3-6H3;2*1-2H3;1-2H2. The summed E-state index contributed by atoms with van der Waals surface area (Å²) in [6, 6.07) is 12.4. The summed E-state index contributed by atoms with van der Waals surface area (Å²) in [7, 11) is 0. The molecule has 0 saturated carbocycles. The number of nitriles is 1. The van der Waals surface area contributed by atoms with Crippen LogP contribution in [0, 0.1) is 16.7 Å². The Balaban J connectivity index is -0.000000725. The van der Waals surface area contributed by atoms with Crippen LogP contribution in [0.2, 0.25) is 0 Å². The van der Waals surface area contributed by atoms with Crippen molar-refractivity contribution in [1.29, 1.82) is 5.26 Å². The van der Waals surface area contributed by atoms with E-state index in [1.165, 1.54) is 0 Å². The summed E-state index contributed by atoms with van der Waals surface area (Å²) in [5, 5.41) is 13.0. The van der Waals surface area contributed by atoms with Gasteiger partial charge in [-0.3, -0.25) is 0 Å². The van der Waals surface area contributed by atoms with Crippen molar-refractivity contribution in [2.75, 3.05) is 0 Å². The normalized spacial score (nSPS) is 12.8. The van der Waals surface area contributed by atoms with E-state index in [0.717, 1.165) is 11.3 Å². The maximum absolute atomic E-state index is 9.57. The topological polar surface area (TPSA) is 35.8 Å². The van der Waals surface area contributed by atoms with Gasteiger partial charge in [0, 0.05) is 11.7 Å². The Morgan fingerprint density at radius 2 is 1.40 bits per heavy atom. The van der Waals surface area contributed by atoms with Crippen LogP contribution in [0.3, 0.4) is 0 Å². The largest absolute Gasteiger partial charge is 0.384 e. The lowest BCUT2D eigenvalue weighted by molar-refractivity contribution is 0.296. The van der Waals surface area contributed by atoms with Crippen LogP contribution in [0.15, 0.2) is 55.8 Å². The van der Waals surface area contributed by atoms with Crippen molar-refractivity contribution in [3.63, 3.8) is 0 Å². The van der Waals surface area contributed by atoms with Crippen molar-refractivity contribution < 1.29 is 0 Å². The first-order valence-electron chi connectivity index (χ1n) is 9.14. The highest BCUT2D eigenvalue weighted by molar-refractivity contribution is 5.40. The van der Waals surface area contributed by atoms with E-state index in [4.69, 9.17) is 0 Å². The van der Waals surface area contributed by atoms with Gasteiger partial charge in [0.05, 0.1) is 6.07 Å². The quantitative estimate of drug-likeness (QED) is 0.605. The molecule has 0 saturated heterocycles. The molecule has 0 heterocycles. The van der Waals surface area contributed by atoms with Crippen LogP contribution in [0.5, 0.6) is 0 Å². The number of nitrogens with one attached hydrogen (secondary N) is 1. The highest BCUT2D eigenvalue weighted by Crippen LogP contribution is 2.30. The first kappa shape index (κ1) is 27.8. The van der Waals surface area contributed by atoms with Crippen LogP contribution >= 0.6 is 0 Å². The smallest absolute Gasteiger partial charge is 0.118 e. The number of hydrogen-bond donors (Lipinski definition) is 1. The zero-order chi connectivity index (χ0) is 20.7. The Bertz CT molecular complexity index is 491. The highest BCUT2D eigenvalue weighted by Gasteiger charge is 2.32. The number of allylic oxidation sites excluding steroid dienone is 1. The second kappa shape index (κ2) is 14.3. The van der Waals surface area contributed by atoms with Crippen LogP contribution in [0.1, 0.15) is 67.9 Å². The molecule has 1 aromatic rings. The average Bonchev–Trinajstić information content (AvgIpc) is 2.65. The summed E-state index contributed by atoms with van der Waals surface area (Å²) in [5.74, 6) is 0. The van der Waals surface area contributed by atoms with Gasteiger partial charge in [-0.2, -0.15) is 5.26 Å². The number of nitrogens with zero attached hydrogens (tertiary/aromatic N) is 1. The van der Waals surface area contributed by atoms with Crippen molar-refractivity contribution in [2.45, 2.75) is 73.8 Å². The van der Waals surface area contributed by atoms with E-state index in [-0.39, 0.29) is 11.5 Å². The van der Waals surface area contributed by atoms with Crippen LogP contribution in [-0.4, -0.2) is 6.04 Å². The molecular formula is C23H40N2. The molecule has 0 aliphatic carbocycles. The lowest BCUT2D eigenvalue weighted by Crippen LogP contribution is -2.42. The first-order chi connectivity index (χ1) is 11.7. The Hall–Kier alpha value is -2.01. The van der Waals surface area contributed by atoms with Gasteiger partial charge in [0.25, 0.3) is 0 Å². The third kappa shape index (κ3) is 9.15. The Labute approximate surface area is 157 Å². The van der Waals surface area contributed by atoms with E-state index in [0.29, 0.717) is 0 Å². The maximum Gasteiger partial charge on any atom is 0.118 e. The first-order valence-corrected chi connectivity index (χ1v) is 9.14. The molecule has 0 bridgehead atoms. The Morgan fingerprint density at radius 1 is 1.00 bits per heavy atom. The molecule has 1 aromatic carbocycles. The van der Waals surface area contributed by atoms with Gasteiger partial charge in [0.1, 0.15) is 5.41 Å². The predicted octanol–water partition coefficient (Wildman–Crippen LogP) is 6.86. The lowest BCUT2D eigenvalue weighted by atomic mass is 9.79. The number of rotatable bonds is 4. The molecule has 0 aromatic heterocycles. The summed E-state index contributed by atoms with van der Waals surface area (Å²) in [6.45, 7) is 28.6. The third-order valence-corrected chi connectivity index (χ3v) is 3.87. The van der Waals surface area contributed by atoms with Gasteiger partial charge >= 0.3 is 0 Å². The average molecular weight is 345 g/mol. The van der Waals surface area contributed by atoms with E-state index in [9.17, 15) is 5.26 Å². The molecule has 25 heavy (non-hydrogen) atoms. The molecule has 2 atom stereocenters. The molecular weight excluding hydrogens is 304 g/mol. The number of benzene rings is 1. The second-order valence-electron chi connectivity index (χ2n) is 6.31. The fourth-order valence-electron chi connectivity index (χ4n) is 1.70. The van der Waals surface area contributed by atoms with Crippen molar-refractivity contribution in [3.05, 3.63) is 61.3 Å². The summed E-state index contributed by atoms with van der Waals surface area (Å²) < 4.78 is 0. The molecule has 0 radical (unpaired) electrons. The minimum atomic E-state index is -0.708. The molecule has 1 rings (SSSR count). The van der Waals surface area contributed by atoms with Crippen LogP contribution in [0.25, 0.3) is 0 Å². The SMILES string of the molecule is C=C.C=C(NC(C)C(C)(C)C)C(C)(C#N)c1ccccc1.CC.CC. The molecule has 1 N–H and O–H groups in total. The van der Waals surface area contributed by atoms with Crippen molar-refractivity contribution in [1.82, 2.24) is 5.32 Å². The second-order valence-corrected chi connectivity index (χ2v) is 6.31. The Kier molecular flexibility index (Phi) is 16.0. The van der Waals surface area contributed by atoms with Crippen molar-refractivity contribution >= 4 is 0 Å². The maximum atomic E-state index is 9.57. The van der Waals surface area contributed by atoms with E-state index in [2.05, 4.69) is 58.8 Å². The van der Waals surface area contributed by atoms with Crippen LogP contribution in [-0.2, 0) is 5.41 Å². The summed E-state index contributed by atoms with van der Waals surface area (Å²) in [4.78, 5) is 0. The van der Waals surface area contributed by atoms with E-state index >= 15 is 0 Å². The summed E-state index contributed by atoms with van der Waals surface area (Å²) in [5.41, 5.74) is 1.14. The Morgan fingerprint density at radius 3 is 1.72 bits per heavy atom. The van der Waals surface area contributed by atoms with Crippen LogP contribution < -0.4 is 5.32 Å². The van der Waals surface area contributed by atoms with E-state index < -0.39 is 5.41 Å². The zero-order valence-electron chi connectivity index (χ0n) is 18.0. The molecule has 0 aliphatic heterocycles. The van der Waals surface area contributed by atoms with Gasteiger partial charge in [0.2, 0.25) is 0 Å². The fourth-order valence-corrected chi connectivity index (χ4v) is 1.70. The molecule has 2 unspecified atom stereocenters. The summed E-state index contributed by atoms with van der Waals surface area (Å²) in [6.07, 6.45) is 0. The zero-order valence-corrected chi connectivity index (χ0v) is 18.0. The molecule has 2 nitrogen and oxygen atoms in total. The number of hydrogen-bond acceptors (Lipinski definition) is 2. The van der Waals surface area contributed by atoms with Crippen molar-refractivity contribution in [3.8, 4) is 6.07 Å². The summed E-state index contributed by atoms with van der Waals surface area (Å²) >= 11 is 0. The highest BCUT2D eigenvalue weighted by atomic mass is 14.9. The lowest BCUT2D eigenvalue weighted by Gasteiger charge is -2.34. The van der Waals surface area contributed by atoms with E-state index in [1.807, 2.05) is 65.0 Å². The minimum Gasteiger partial charge on any atom is -0.384 e. The third-order valence-electron chi connectivity index (χ3n) is 3.87. The van der Waals surface area contributed by atoms with Gasteiger partial charge < -0.3 is 5.32 Å². The fraction of sp³-hybridized carbons (Fsp3) is 0.522. The molecule has 0 fully saturated rings. The molecule has 142 valence electrons. The van der Waals surface area contributed by atoms with Gasteiger partial charge in [-0.25, -0.2) is 0 Å².